The van der Waals surface area contributed by atoms with Crippen LogP contribution in [0.5, 0.6) is 0 Å². The number of carbonyl (C=O) groups is 1. The Morgan fingerprint density at radius 1 is 1.12 bits per heavy atom. The highest BCUT2D eigenvalue weighted by Gasteiger charge is 2.31. The van der Waals surface area contributed by atoms with Gasteiger partial charge in [0.25, 0.3) is 0 Å². The Morgan fingerprint density at radius 2 is 1.59 bits per heavy atom. The zero-order chi connectivity index (χ0) is 13.3. The molecule has 0 aromatic heterocycles. The van der Waals surface area contributed by atoms with Crippen molar-refractivity contribution >= 4 is 18.6 Å². The molecule has 0 aliphatic rings. The first-order valence-corrected chi connectivity index (χ1v) is 7.34. The standard InChI is InChI=1S/C14H28O2S/c1-4-5-6-7-8-9-10-11-14(2,3)12(17)13(15)16/h12,17H,4-11H2,1-3H3,(H,15,16). The van der Waals surface area contributed by atoms with Crippen LogP contribution in [0.25, 0.3) is 0 Å². The first-order valence-electron chi connectivity index (χ1n) is 6.82. The molecule has 0 saturated heterocycles. The normalized spacial score (nSPS) is 13.6. The summed E-state index contributed by atoms with van der Waals surface area (Å²) in [7, 11) is 0. The highest BCUT2D eigenvalue weighted by molar-refractivity contribution is 7.81. The molecule has 0 rings (SSSR count). The van der Waals surface area contributed by atoms with Crippen LogP contribution in [0.4, 0.5) is 0 Å². The number of rotatable bonds is 10. The van der Waals surface area contributed by atoms with Crippen LogP contribution in [-0.2, 0) is 4.79 Å². The highest BCUT2D eigenvalue weighted by Crippen LogP contribution is 2.31. The fourth-order valence-corrected chi connectivity index (χ4v) is 2.14. The van der Waals surface area contributed by atoms with E-state index < -0.39 is 11.2 Å². The third kappa shape index (κ3) is 7.69. The predicted octanol–water partition coefficient (Wildman–Crippen LogP) is 4.54. The summed E-state index contributed by atoms with van der Waals surface area (Å²) in [5.41, 5.74) is -0.210. The summed E-state index contributed by atoms with van der Waals surface area (Å²) in [6.07, 6.45) is 9.83. The predicted molar refractivity (Wildman–Crippen MR) is 76.8 cm³/mol. The van der Waals surface area contributed by atoms with Gasteiger partial charge in [0.15, 0.2) is 0 Å². The van der Waals surface area contributed by atoms with Crippen molar-refractivity contribution in [2.24, 2.45) is 5.41 Å². The van der Waals surface area contributed by atoms with E-state index in [4.69, 9.17) is 5.11 Å². The molecule has 0 heterocycles. The molecule has 3 heteroatoms. The summed E-state index contributed by atoms with van der Waals surface area (Å²) < 4.78 is 0. The van der Waals surface area contributed by atoms with Crippen molar-refractivity contribution < 1.29 is 9.90 Å². The Hall–Kier alpha value is -0.180. The zero-order valence-electron chi connectivity index (χ0n) is 11.5. The molecule has 0 bridgehead atoms. The van der Waals surface area contributed by atoms with Gasteiger partial charge < -0.3 is 5.11 Å². The maximum atomic E-state index is 10.9. The van der Waals surface area contributed by atoms with Gasteiger partial charge in [-0.25, -0.2) is 0 Å². The van der Waals surface area contributed by atoms with Crippen LogP contribution in [0.2, 0.25) is 0 Å². The Morgan fingerprint density at radius 3 is 2.06 bits per heavy atom. The molecule has 1 unspecified atom stereocenters. The minimum absolute atomic E-state index is 0.210. The third-order valence-corrected chi connectivity index (χ3v) is 4.32. The van der Waals surface area contributed by atoms with Gasteiger partial charge in [-0.05, 0) is 11.8 Å². The number of aliphatic carboxylic acids is 1. The lowest BCUT2D eigenvalue weighted by molar-refractivity contribution is -0.138. The van der Waals surface area contributed by atoms with Crippen LogP contribution in [0.15, 0.2) is 0 Å². The first-order chi connectivity index (χ1) is 7.91. The molecule has 0 aromatic carbocycles. The second-order valence-electron chi connectivity index (χ2n) is 5.60. The van der Waals surface area contributed by atoms with E-state index >= 15 is 0 Å². The van der Waals surface area contributed by atoms with E-state index in [1.807, 2.05) is 13.8 Å². The van der Waals surface area contributed by atoms with Gasteiger partial charge in [0.2, 0.25) is 0 Å². The molecule has 0 spiro atoms. The van der Waals surface area contributed by atoms with Crippen LogP contribution in [0.1, 0.15) is 72.1 Å². The van der Waals surface area contributed by atoms with Gasteiger partial charge in [0.1, 0.15) is 5.25 Å². The Balaban J connectivity index is 3.62. The fraction of sp³-hybridized carbons (Fsp3) is 0.929. The number of thiol groups is 1. The Kier molecular flexibility index (Phi) is 8.75. The van der Waals surface area contributed by atoms with Crippen LogP contribution in [-0.4, -0.2) is 16.3 Å². The fourth-order valence-electron chi connectivity index (χ4n) is 2.01. The maximum absolute atomic E-state index is 10.9. The van der Waals surface area contributed by atoms with Crippen molar-refractivity contribution in [3.8, 4) is 0 Å². The van der Waals surface area contributed by atoms with E-state index in [-0.39, 0.29) is 5.41 Å². The molecule has 0 amide bonds. The van der Waals surface area contributed by atoms with E-state index in [2.05, 4.69) is 19.6 Å². The summed E-state index contributed by atoms with van der Waals surface area (Å²) in [5, 5.41) is 8.39. The van der Waals surface area contributed by atoms with Gasteiger partial charge in [0.05, 0.1) is 0 Å². The molecular weight excluding hydrogens is 232 g/mol. The van der Waals surface area contributed by atoms with Gasteiger partial charge in [-0.1, -0.05) is 65.7 Å². The van der Waals surface area contributed by atoms with E-state index in [1.165, 1.54) is 38.5 Å². The van der Waals surface area contributed by atoms with Crippen molar-refractivity contribution in [2.45, 2.75) is 77.4 Å². The molecule has 0 fully saturated rings. The Bertz CT molecular complexity index is 214. The minimum Gasteiger partial charge on any atom is -0.480 e. The number of carboxylic acid groups (broad SMARTS) is 1. The average Bonchev–Trinajstić information content (AvgIpc) is 2.26. The van der Waals surface area contributed by atoms with Crippen LogP contribution < -0.4 is 0 Å². The lowest BCUT2D eigenvalue weighted by Crippen LogP contribution is -2.31. The molecule has 0 aliphatic carbocycles. The first kappa shape index (κ1) is 16.8. The Labute approximate surface area is 112 Å². The van der Waals surface area contributed by atoms with Gasteiger partial charge in [-0.2, -0.15) is 12.6 Å². The summed E-state index contributed by atoms with van der Waals surface area (Å²) >= 11 is 4.18. The zero-order valence-corrected chi connectivity index (χ0v) is 12.4. The third-order valence-electron chi connectivity index (χ3n) is 3.40. The number of hydrogen-bond donors (Lipinski definition) is 2. The molecule has 17 heavy (non-hydrogen) atoms. The van der Waals surface area contributed by atoms with Crippen molar-refractivity contribution in [1.82, 2.24) is 0 Å². The van der Waals surface area contributed by atoms with E-state index in [0.29, 0.717) is 0 Å². The molecular formula is C14H28O2S. The largest absolute Gasteiger partial charge is 0.480 e. The monoisotopic (exact) mass is 260 g/mol. The number of hydrogen-bond acceptors (Lipinski definition) is 2. The van der Waals surface area contributed by atoms with Gasteiger partial charge in [-0.3, -0.25) is 4.79 Å². The minimum atomic E-state index is -0.804. The average molecular weight is 260 g/mol. The lowest BCUT2D eigenvalue weighted by Gasteiger charge is -2.28. The quantitative estimate of drug-likeness (QED) is 0.447. The number of carboxylic acids is 1. The summed E-state index contributed by atoms with van der Waals surface area (Å²) in [5.74, 6) is -0.804. The molecule has 102 valence electrons. The van der Waals surface area contributed by atoms with Crippen molar-refractivity contribution in [2.75, 3.05) is 0 Å². The topological polar surface area (TPSA) is 37.3 Å². The molecule has 0 saturated carbocycles. The summed E-state index contributed by atoms with van der Waals surface area (Å²) in [6, 6.07) is 0. The van der Waals surface area contributed by atoms with Crippen molar-refractivity contribution in [1.29, 1.82) is 0 Å². The van der Waals surface area contributed by atoms with Crippen molar-refractivity contribution in [3.63, 3.8) is 0 Å². The molecule has 1 atom stereocenters. The van der Waals surface area contributed by atoms with Gasteiger partial charge in [0, 0.05) is 0 Å². The summed E-state index contributed by atoms with van der Waals surface area (Å²) in [4.78, 5) is 10.9. The molecule has 0 aliphatic heterocycles. The maximum Gasteiger partial charge on any atom is 0.316 e. The molecule has 1 N–H and O–H groups in total. The number of unbranched alkanes of at least 4 members (excludes halogenated alkanes) is 6. The summed E-state index contributed by atoms with van der Waals surface area (Å²) in [6.45, 7) is 6.22. The van der Waals surface area contributed by atoms with E-state index in [9.17, 15) is 4.79 Å². The van der Waals surface area contributed by atoms with Gasteiger partial charge >= 0.3 is 5.97 Å². The lowest BCUT2D eigenvalue weighted by atomic mass is 9.83. The van der Waals surface area contributed by atoms with Crippen molar-refractivity contribution in [3.05, 3.63) is 0 Å². The highest BCUT2D eigenvalue weighted by atomic mass is 32.1. The van der Waals surface area contributed by atoms with Crippen LogP contribution in [0, 0.1) is 5.41 Å². The SMILES string of the molecule is CCCCCCCCCC(C)(C)C(S)C(=O)O. The molecule has 0 aromatic rings. The van der Waals surface area contributed by atoms with E-state index in [1.54, 1.807) is 0 Å². The van der Waals surface area contributed by atoms with E-state index in [0.717, 1.165) is 12.8 Å². The smallest absolute Gasteiger partial charge is 0.316 e. The molecule has 0 radical (unpaired) electrons. The second-order valence-corrected chi connectivity index (χ2v) is 6.12. The van der Waals surface area contributed by atoms with Crippen LogP contribution >= 0.6 is 12.6 Å². The molecule has 2 nitrogen and oxygen atoms in total. The van der Waals surface area contributed by atoms with Crippen LogP contribution in [0.3, 0.4) is 0 Å². The van der Waals surface area contributed by atoms with Gasteiger partial charge in [-0.15, -0.1) is 0 Å². The second kappa shape index (κ2) is 8.84.